The molecule has 3 fully saturated rings. The Kier molecular flexibility index (Phi) is 19.2. The monoisotopic (exact) mass is 998 g/mol. The molecule has 2 N–H and O–H groups in total. The summed E-state index contributed by atoms with van der Waals surface area (Å²) in [4.78, 5) is 7.51. The number of likely N-dealkylation sites (tertiary alicyclic amines) is 3. The maximum absolute atomic E-state index is 9.82. The van der Waals surface area contributed by atoms with Crippen LogP contribution in [0.1, 0.15) is 115 Å². The van der Waals surface area contributed by atoms with E-state index in [4.69, 9.17) is 21.1 Å². The number of alkyl halides is 1. The zero-order valence-corrected chi connectivity index (χ0v) is 43.7. The van der Waals surface area contributed by atoms with Crippen LogP contribution >= 0.6 is 11.6 Å². The van der Waals surface area contributed by atoms with Crippen molar-refractivity contribution in [1.29, 1.82) is 0 Å². The highest BCUT2D eigenvalue weighted by molar-refractivity contribution is 6.18. The third-order valence-electron chi connectivity index (χ3n) is 15.2. The maximum Gasteiger partial charge on any atom is 0.119 e. The Morgan fingerprint density at radius 1 is 0.384 bits per heavy atom. The Morgan fingerprint density at radius 3 is 1.29 bits per heavy atom. The molecule has 0 atom stereocenters. The van der Waals surface area contributed by atoms with Crippen molar-refractivity contribution in [3.05, 3.63) is 190 Å². The van der Waals surface area contributed by atoms with E-state index in [0.29, 0.717) is 5.75 Å². The number of halogens is 1. The molecular weight excluding hydrogens is 922 g/mol. The molecule has 73 heavy (non-hydrogen) atoms. The quantitative estimate of drug-likeness (QED) is 0.105. The highest BCUT2D eigenvalue weighted by Gasteiger charge is 2.24. The Balaban J connectivity index is 0.000000166. The van der Waals surface area contributed by atoms with Gasteiger partial charge in [0.1, 0.15) is 36.2 Å². The zero-order chi connectivity index (χ0) is 50.0. The number of fused-ring (bicyclic) bond motifs is 2. The van der Waals surface area contributed by atoms with Crippen LogP contribution < -0.4 is 9.47 Å². The van der Waals surface area contributed by atoms with Gasteiger partial charge in [-0.1, -0.05) is 116 Å². The van der Waals surface area contributed by atoms with Gasteiger partial charge in [0, 0.05) is 25.5 Å². The van der Waals surface area contributed by atoms with Crippen LogP contribution in [-0.4, -0.2) is 103 Å². The van der Waals surface area contributed by atoms with Crippen molar-refractivity contribution < 1.29 is 19.7 Å². The third kappa shape index (κ3) is 14.5. The highest BCUT2D eigenvalue weighted by Crippen LogP contribution is 2.44. The molecule has 3 saturated heterocycles. The van der Waals surface area contributed by atoms with Crippen LogP contribution in [0.15, 0.2) is 146 Å². The minimum atomic E-state index is 0.266. The highest BCUT2D eigenvalue weighted by atomic mass is 35.5. The summed E-state index contributed by atoms with van der Waals surface area (Å²) in [5, 5.41) is 19.4. The fourth-order valence-corrected chi connectivity index (χ4v) is 11.6. The van der Waals surface area contributed by atoms with Crippen LogP contribution in [0.2, 0.25) is 0 Å². The van der Waals surface area contributed by atoms with Gasteiger partial charge >= 0.3 is 0 Å². The minimum Gasteiger partial charge on any atom is -0.508 e. The molecule has 0 radical (unpaired) electrons. The van der Waals surface area contributed by atoms with Crippen LogP contribution in [0.5, 0.6) is 23.0 Å². The van der Waals surface area contributed by atoms with Crippen molar-refractivity contribution in [3.8, 4) is 23.0 Å². The lowest BCUT2D eigenvalue weighted by Gasteiger charge is -2.27. The second-order valence-electron chi connectivity index (χ2n) is 20.3. The molecule has 2 aliphatic carbocycles. The van der Waals surface area contributed by atoms with Gasteiger partial charge in [0.25, 0.3) is 0 Å². The molecule has 8 heteroatoms. The molecule has 0 amide bonds. The number of phenolic OH excluding ortho intramolecular Hbond substituents is 2. The van der Waals surface area contributed by atoms with Gasteiger partial charge in [-0.2, -0.15) is 0 Å². The van der Waals surface area contributed by atoms with Crippen molar-refractivity contribution in [3.63, 3.8) is 0 Å². The van der Waals surface area contributed by atoms with E-state index in [9.17, 15) is 10.2 Å². The summed E-state index contributed by atoms with van der Waals surface area (Å²) >= 11 is 5.59. The number of hydrogen-bond donors (Lipinski definition) is 2. The fraction of sp³-hybridized carbons (Fsp3) is 0.385. The number of ether oxygens (including phenoxy) is 2. The van der Waals surface area contributed by atoms with E-state index in [0.717, 1.165) is 92.6 Å². The number of phenols is 2. The summed E-state index contributed by atoms with van der Waals surface area (Å²) in [6, 6.07) is 49.8. The number of allylic oxidation sites excluding steroid dienone is 2. The number of aryl methyl sites for hydroxylation is 2. The van der Waals surface area contributed by atoms with Crippen molar-refractivity contribution >= 4 is 33.9 Å². The van der Waals surface area contributed by atoms with Gasteiger partial charge in [-0.25, -0.2) is 0 Å². The van der Waals surface area contributed by atoms with Gasteiger partial charge in [0.05, 0.1) is 0 Å². The van der Waals surface area contributed by atoms with E-state index in [1.165, 1.54) is 147 Å². The lowest BCUT2D eigenvalue weighted by molar-refractivity contribution is 0.183. The molecule has 0 saturated carbocycles. The topological polar surface area (TPSA) is 68.6 Å². The largest absolute Gasteiger partial charge is 0.508 e. The molecule has 0 aromatic heterocycles. The lowest BCUT2D eigenvalue weighted by atomic mass is 9.79. The average molecular weight is 999 g/mol. The second-order valence-corrected chi connectivity index (χ2v) is 20.6. The molecular formula is C65H76ClN3O4. The van der Waals surface area contributed by atoms with E-state index < -0.39 is 0 Å². The van der Waals surface area contributed by atoms with Crippen molar-refractivity contribution in [2.45, 2.75) is 83.5 Å². The van der Waals surface area contributed by atoms with E-state index in [-0.39, 0.29) is 5.75 Å². The van der Waals surface area contributed by atoms with Gasteiger partial charge in [-0.15, -0.1) is 11.6 Å². The van der Waals surface area contributed by atoms with Gasteiger partial charge in [0.2, 0.25) is 0 Å². The molecule has 7 nitrogen and oxygen atoms in total. The molecule has 3 heterocycles. The van der Waals surface area contributed by atoms with Gasteiger partial charge < -0.3 is 24.6 Å². The summed E-state index contributed by atoms with van der Waals surface area (Å²) in [6.45, 7) is 12.0. The molecule has 3 aliphatic heterocycles. The van der Waals surface area contributed by atoms with E-state index in [1.807, 2.05) is 30.3 Å². The molecule has 5 aliphatic rings. The molecule has 0 bridgehead atoms. The molecule has 6 aromatic rings. The van der Waals surface area contributed by atoms with Crippen LogP contribution in [0.25, 0.3) is 22.3 Å². The summed E-state index contributed by atoms with van der Waals surface area (Å²) in [6.07, 6.45) is 16.1. The SMILES string of the molecule is ClCCN1CCCCC1.Oc1ccc(C2=C(c3ccccc3)CCc3cc(O)ccc32)cc1.c1ccc(C2=C(c3ccc(OCCN4CCCCC4)cc3)c3ccc(OCCN4CCCCC4)cc3CC2)cc1. The standard InChI is InChI=1S/C36H44N2O2.C22H18O2.C7H14ClN/c1-4-10-29(11-5-1)34-18-14-31-28-33(40-27-25-38-22-8-3-9-23-38)17-19-35(31)36(34)30-12-15-32(16-13-30)39-26-24-37-20-6-2-7-21-37;23-18-9-6-16(7-10-18)22-20(15-4-2-1-3-5-15)12-8-17-14-19(24)11-13-21(17)22;8-4-7-9-5-2-1-3-6-9/h1,4-5,10-13,15-17,19,28H,2-3,6-9,14,18,20-27H2;1-7,9-11,13-14,23-24H,8,12H2;1-7H2. The average Bonchev–Trinajstić information content (AvgIpc) is 3.45. The number of benzene rings is 6. The van der Waals surface area contributed by atoms with Crippen LogP contribution in [0.4, 0.5) is 0 Å². The molecule has 382 valence electrons. The van der Waals surface area contributed by atoms with E-state index >= 15 is 0 Å². The third-order valence-corrected chi connectivity index (χ3v) is 15.4. The summed E-state index contributed by atoms with van der Waals surface area (Å²) in [5.74, 6) is 3.32. The number of rotatable bonds is 14. The van der Waals surface area contributed by atoms with Crippen LogP contribution in [0.3, 0.4) is 0 Å². The number of nitrogens with zero attached hydrogens (tertiary/aromatic N) is 3. The van der Waals surface area contributed by atoms with E-state index in [1.54, 1.807) is 18.2 Å². The van der Waals surface area contributed by atoms with Gasteiger partial charge in [0.15, 0.2) is 0 Å². The lowest BCUT2D eigenvalue weighted by Crippen LogP contribution is -2.33. The first-order valence-corrected chi connectivity index (χ1v) is 27.9. The first-order chi connectivity index (χ1) is 36.0. The zero-order valence-electron chi connectivity index (χ0n) is 43.0. The Hall–Kier alpha value is -5.83. The fourth-order valence-electron chi connectivity index (χ4n) is 11.4. The van der Waals surface area contributed by atoms with Crippen LogP contribution in [-0.2, 0) is 12.8 Å². The predicted molar refractivity (Wildman–Crippen MR) is 303 cm³/mol. The van der Waals surface area contributed by atoms with Crippen molar-refractivity contribution in [1.82, 2.24) is 14.7 Å². The summed E-state index contributed by atoms with van der Waals surface area (Å²) < 4.78 is 12.4. The van der Waals surface area contributed by atoms with Crippen LogP contribution in [0, 0.1) is 0 Å². The summed E-state index contributed by atoms with van der Waals surface area (Å²) in [7, 11) is 0. The second kappa shape index (κ2) is 26.9. The smallest absolute Gasteiger partial charge is 0.119 e. The maximum atomic E-state index is 9.82. The Bertz CT molecular complexity index is 2700. The normalized spacial score (nSPS) is 17.3. The number of hydrogen-bond acceptors (Lipinski definition) is 7. The van der Waals surface area contributed by atoms with Gasteiger partial charge in [-0.05, 0) is 219 Å². The Labute approximate surface area is 440 Å². The van der Waals surface area contributed by atoms with Crippen molar-refractivity contribution in [2.24, 2.45) is 0 Å². The molecule has 0 spiro atoms. The Morgan fingerprint density at radius 2 is 0.795 bits per heavy atom. The molecule has 0 unspecified atom stereocenters. The van der Waals surface area contributed by atoms with Gasteiger partial charge in [-0.3, -0.25) is 9.80 Å². The molecule has 11 rings (SSSR count). The molecule has 6 aromatic carbocycles. The van der Waals surface area contributed by atoms with E-state index in [2.05, 4.69) is 112 Å². The minimum absolute atomic E-state index is 0.266. The first kappa shape index (κ1) is 52.0. The number of aromatic hydroxyl groups is 2. The number of piperidine rings is 3. The van der Waals surface area contributed by atoms with Crippen molar-refractivity contribution in [2.75, 3.05) is 78.0 Å². The predicted octanol–water partition coefficient (Wildman–Crippen LogP) is 14.0. The summed E-state index contributed by atoms with van der Waals surface area (Å²) in [5.41, 5.74) is 15.1. The first-order valence-electron chi connectivity index (χ1n) is 27.4.